The highest BCUT2D eigenvalue weighted by atomic mass is 16.7. The summed E-state index contributed by atoms with van der Waals surface area (Å²) >= 11 is 0. The first kappa shape index (κ1) is 74.6. The lowest BCUT2D eigenvalue weighted by atomic mass is 9.99. The van der Waals surface area contributed by atoms with Crippen LogP contribution in [0, 0.1) is 0 Å². The Morgan fingerprint density at radius 1 is 0.468 bits per heavy atom. The minimum Gasteiger partial charge on any atom is -0.466 e. The maximum absolute atomic E-state index is 13.0. The molecule has 1 amide bonds. The molecule has 11 heteroatoms. The van der Waals surface area contributed by atoms with E-state index in [9.17, 15) is 35.1 Å². The standard InChI is InChI=1S/C68H125NO10/c1-3-5-7-9-11-13-14-15-16-26-30-33-36-40-44-48-52-56-64(73)77-57-53-49-45-41-37-34-31-28-25-23-21-19-17-18-20-22-24-27-29-32-35-39-43-47-51-55-63(72)69-60(61(71)54-50-46-42-38-12-10-8-6-4-2)59-78-68-67(76)66(75)65(74)62(58-70)79-68/h12,18-21,38,50,54,60-62,65-68,70-71,74-76H,3-11,13-17,22-37,39-49,51-53,55-59H2,1-2H3,(H,69,72)/b20-18-,21-19-,38-12+,54-50+. The number of aliphatic hydroxyl groups excluding tert-OH is 5. The number of hydrogen-bond donors (Lipinski definition) is 6. The Morgan fingerprint density at radius 2 is 0.861 bits per heavy atom. The normalized spacial score (nSPS) is 18.7. The number of esters is 1. The molecule has 0 aliphatic carbocycles. The van der Waals surface area contributed by atoms with E-state index in [-0.39, 0.29) is 18.5 Å². The van der Waals surface area contributed by atoms with Crippen LogP contribution in [0.2, 0.25) is 0 Å². The summed E-state index contributed by atoms with van der Waals surface area (Å²) in [6.07, 6.45) is 63.9. The van der Waals surface area contributed by atoms with E-state index in [1.165, 1.54) is 205 Å². The summed E-state index contributed by atoms with van der Waals surface area (Å²) < 4.78 is 16.7. The van der Waals surface area contributed by atoms with Crippen LogP contribution in [0.5, 0.6) is 0 Å². The second-order valence-electron chi connectivity index (χ2n) is 23.2. The van der Waals surface area contributed by atoms with Crippen LogP contribution in [0.1, 0.15) is 309 Å². The molecule has 0 spiro atoms. The van der Waals surface area contributed by atoms with E-state index in [2.05, 4.69) is 55.6 Å². The minimum atomic E-state index is -1.58. The fourth-order valence-electron chi connectivity index (χ4n) is 10.4. The second-order valence-corrected chi connectivity index (χ2v) is 23.2. The number of unbranched alkanes of at least 4 members (excludes halogenated alkanes) is 38. The fraction of sp³-hybridized carbons (Fsp3) is 0.853. The summed E-state index contributed by atoms with van der Waals surface area (Å²) in [5.41, 5.74) is 0. The van der Waals surface area contributed by atoms with Crippen molar-refractivity contribution in [2.24, 2.45) is 0 Å². The van der Waals surface area contributed by atoms with E-state index in [4.69, 9.17) is 14.2 Å². The van der Waals surface area contributed by atoms with Crippen LogP contribution < -0.4 is 5.32 Å². The molecule has 1 fully saturated rings. The van der Waals surface area contributed by atoms with Crippen LogP contribution in [0.4, 0.5) is 0 Å². The molecule has 1 aliphatic rings. The molecule has 11 nitrogen and oxygen atoms in total. The van der Waals surface area contributed by atoms with Gasteiger partial charge in [0.05, 0.1) is 32.0 Å². The molecule has 0 aromatic carbocycles. The van der Waals surface area contributed by atoms with Gasteiger partial charge < -0.3 is 45.1 Å². The Bertz CT molecular complexity index is 1450. The molecule has 0 aromatic rings. The summed E-state index contributed by atoms with van der Waals surface area (Å²) in [6.45, 7) is 4.29. The van der Waals surface area contributed by atoms with E-state index < -0.39 is 49.5 Å². The van der Waals surface area contributed by atoms with Gasteiger partial charge >= 0.3 is 5.97 Å². The first-order valence-corrected chi connectivity index (χ1v) is 33.4. The van der Waals surface area contributed by atoms with Crippen molar-refractivity contribution in [3.8, 4) is 0 Å². The maximum Gasteiger partial charge on any atom is 0.305 e. The second kappa shape index (κ2) is 57.4. The minimum absolute atomic E-state index is 0.00181. The molecule has 462 valence electrons. The monoisotopic (exact) mass is 1120 g/mol. The van der Waals surface area contributed by atoms with E-state index in [1.807, 2.05) is 6.08 Å². The van der Waals surface area contributed by atoms with Crippen molar-refractivity contribution in [3.05, 3.63) is 48.6 Å². The molecule has 1 saturated heterocycles. The third-order valence-corrected chi connectivity index (χ3v) is 15.7. The number of amides is 1. The average molecular weight is 1120 g/mol. The Morgan fingerprint density at radius 3 is 1.35 bits per heavy atom. The van der Waals surface area contributed by atoms with Gasteiger partial charge in [0.15, 0.2) is 6.29 Å². The molecular formula is C68H125NO10. The molecule has 1 aliphatic heterocycles. The van der Waals surface area contributed by atoms with Crippen molar-refractivity contribution in [2.75, 3.05) is 19.8 Å². The number of allylic oxidation sites excluding steroid dienone is 7. The number of rotatable bonds is 58. The zero-order valence-electron chi connectivity index (χ0n) is 51.1. The van der Waals surface area contributed by atoms with Gasteiger partial charge in [0.2, 0.25) is 5.91 Å². The average Bonchev–Trinajstić information content (AvgIpc) is 3.46. The molecule has 0 radical (unpaired) electrons. The zero-order valence-corrected chi connectivity index (χ0v) is 51.1. The quantitative estimate of drug-likeness (QED) is 0.0195. The maximum atomic E-state index is 13.0. The van der Waals surface area contributed by atoms with Crippen LogP contribution in [0.25, 0.3) is 0 Å². The molecular weight excluding hydrogens is 991 g/mol. The van der Waals surface area contributed by atoms with Gasteiger partial charge in [-0.25, -0.2) is 0 Å². The first-order valence-electron chi connectivity index (χ1n) is 33.4. The molecule has 0 aromatic heterocycles. The number of aliphatic hydroxyl groups is 5. The van der Waals surface area contributed by atoms with Crippen LogP contribution in [0.15, 0.2) is 48.6 Å². The van der Waals surface area contributed by atoms with Crippen LogP contribution in [-0.2, 0) is 23.8 Å². The van der Waals surface area contributed by atoms with Gasteiger partial charge in [-0.1, -0.05) is 268 Å². The number of ether oxygens (including phenoxy) is 3. The van der Waals surface area contributed by atoms with Crippen molar-refractivity contribution < 1.29 is 49.3 Å². The lowest BCUT2D eigenvalue weighted by Gasteiger charge is -2.40. The summed E-state index contributed by atoms with van der Waals surface area (Å²) in [7, 11) is 0. The fourth-order valence-corrected chi connectivity index (χ4v) is 10.4. The molecule has 1 heterocycles. The Balaban J connectivity index is 1.97. The van der Waals surface area contributed by atoms with Crippen molar-refractivity contribution in [3.63, 3.8) is 0 Å². The van der Waals surface area contributed by atoms with Gasteiger partial charge in [0, 0.05) is 12.8 Å². The lowest BCUT2D eigenvalue weighted by molar-refractivity contribution is -0.302. The Labute approximate surface area is 485 Å². The van der Waals surface area contributed by atoms with Crippen molar-refractivity contribution >= 4 is 11.9 Å². The van der Waals surface area contributed by atoms with Crippen LogP contribution >= 0.6 is 0 Å². The highest BCUT2D eigenvalue weighted by Crippen LogP contribution is 2.23. The smallest absolute Gasteiger partial charge is 0.305 e. The topological polar surface area (TPSA) is 175 Å². The van der Waals surface area contributed by atoms with Crippen molar-refractivity contribution in [1.82, 2.24) is 5.32 Å². The SMILES string of the molecule is CCCCC/C=C/CC/C=C/C(O)C(COC1OC(CO)C(O)C(O)C1O)NC(=O)CCCCCCCCCCC/C=C\C/C=C\CCCCCCCCCCCOC(=O)CCCCCCCCCCCCCCCCCCC. The van der Waals surface area contributed by atoms with E-state index >= 15 is 0 Å². The Kier molecular flexibility index (Phi) is 54.3. The predicted octanol–water partition coefficient (Wildman–Crippen LogP) is 16.4. The number of nitrogens with one attached hydrogen (secondary N) is 1. The van der Waals surface area contributed by atoms with E-state index in [0.29, 0.717) is 19.4 Å². The van der Waals surface area contributed by atoms with Gasteiger partial charge in [-0.3, -0.25) is 9.59 Å². The van der Waals surface area contributed by atoms with Gasteiger partial charge in [-0.15, -0.1) is 0 Å². The molecule has 0 saturated carbocycles. The van der Waals surface area contributed by atoms with E-state index in [0.717, 1.165) is 77.0 Å². The van der Waals surface area contributed by atoms with Gasteiger partial charge in [-0.05, 0) is 77.0 Å². The van der Waals surface area contributed by atoms with Crippen molar-refractivity contribution in [1.29, 1.82) is 0 Å². The summed E-state index contributed by atoms with van der Waals surface area (Å²) in [5.74, 6) is -0.199. The number of carbonyl (C=O) groups excluding carboxylic acids is 2. The third-order valence-electron chi connectivity index (χ3n) is 15.7. The van der Waals surface area contributed by atoms with Crippen LogP contribution in [0.3, 0.4) is 0 Å². The molecule has 7 unspecified atom stereocenters. The molecule has 1 rings (SSSR count). The first-order chi connectivity index (χ1) is 38.7. The number of hydrogen-bond acceptors (Lipinski definition) is 10. The van der Waals surface area contributed by atoms with Crippen LogP contribution in [-0.4, -0.2) is 100 Å². The summed E-state index contributed by atoms with van der Waals surface area (Å²) in [6, 6.07) is -0.831. The van der Waals surface area contributed by atoms with Gasteiger partial charge in [0.1, 0.15) is 24.4 Å². The van der Waals surface area contributed by atoms with Gasteiger partial charge in [0.25, 0.3) is 0 Å². The van der Waals surface area contributed by atoms with Crippen molar-refractivity contribution in [2.45, 2.75) is 352 Å². The predicted molar refractivity (Wildman–Crippen MR) is 329 cm³/mol. The summed E-state index contributed by atoms with van der Waals surface area (Å²) in [5, 5.41) is 54.2. The Hall–Kier alpha value is -2.38. The molecule has 0 bridgehead atoms. The zero-order chi connectivity index (χ0) is 57.3. The highest BCUT2D eigenvalue weighted by molar-refractivity contribution is 5.76. The van der Waals surface area contributed by atoms with Gasteiger partial charge in [-0.2, -0.15) is 0 Å². The molecule has 7 atom stereocenters. The molecule has 6 N–H and O–H groups in total. The largest absolute Gasteiger partial charge is 0.466 e. The third kappa shape index (κ3) is 46.8. The highest BCUT2D eigenvalue weighted by Gasteiger charge is 2.44. The lowest BCUT2D eigenvalue weighted by Crippen LogP contribution is -2.60. The number of carbonyl (C=O) groups is 2. The van der Waals surface area contributed by atoms with E-state index in [1.54, 1.807) is 6.08 Å². The molecule has 79 heavy (non-hydrogen) atoms. The summed E-state index contributed by atoms with van der Waals surface area (Å²) in [4.78, 5) is 25.1.